The van der Waals surface area contributed by atoms with E-state index in [-0.39, 0.29) is 0 Å². The van der Waals surface area contributed by atoms with Gasteiger partial charge in [-0.25, -0.2) is 8.78 Å². The van der Waals surface area contributed by atoms with Crippen LogP contribution >= 0.6 is 0 Å². The Bertz CT molecular complexity index is 445. The van der Waals surface area contributed by atoms with Gasteiger partial charge in [0.25, 0.3) is 0 Å². The first kappa shape index (κ1) is 12.4. The molecule has 0 aliphatic rings. The van der Waals surface area contributed by atoms with Crippen LogP contribution in [-0.4, -0.2) is 0 Å². The summed E-state index contributed by atoms with van der Waals surface area (Å²) in [4.78, 5) is 0. The third kappa shape index (κ3) is 2.66. The van der Waals surface area contributed by atoms with Crippen LogP contribution in [0.15, 0.2) is 43.0 Å². The zero-order valence-corrected chi connectivity index (χ0v) is 9.48. The molecule has 0 aromatic heterocycles. The molecule has 0 saturated heterocycles. The molecule has 2 heteroatoms. The van der Waals surface area contributed by atoms with E-state index in [9.17, 15) is 8.78 Å². The van der Waals surface area contributed by atoms with Crippen molar-refractivity contribution in [2.24, 2.45) is 0 Å². The Hall–Kier alpha value is -1.70. The summed E-state index contributed by atoms with van der Waals surface area (Å²) >= 11 is 0. The van der Waals surface area contributed by atoms with Crippen molar-refractivity contribution < 1.29 is 8.78 Å². The van der Waals surface area contributed by atoms with Crippen molar-refractivity contribution in [3.05, 3.63) is 65.8 Å². The molecule has 1 rings (SSSR count). The highest BCUT2D eigenvalue weighted by atomic mass is 19.1. The summed E-state index contributed by atoms with van der Waals surface area (Å²) in [5, 5.41) is 0. The number of rotatable bonds is 3. The van der Waals surface area contributed by atoms with Crippen molar-refractivity contribution in [2.45, 2.75) is 13.8 Å². The van der Waals surface area contributed by atoms with Gasteiger partial charge in [-0.1, -0.05) is 30.9 Å². The quantitative estimate of drug-likeness (QED) is 0.661. The van der Waals surface area contributed by atoms with Crippen LogP contribution in [0.1, 0.15) is 18.1 Å². The first-order valence-electron chi connectivity index (χ1n) is 4.91. The molecule has 0 nitrogen and oxygen atoms in total. The SMILES string of the molecule is C=C/C(=C\C(=C)C)c1c(C)cc(F)cc1F. The number of benzene rings is 1. The number of allylic oxidation sites excluding steroid dienone is 4. The molecule has 1 aromatic carbocycles. The van der Waals surface area contributed by atoms with Gasteiger partial charge in [0.05, 0.1) is 0 Å². The average molecular weight is 220 g/mol. The van der Waals surface area contributed by atoms with Crippen LogP contribution in [0, 0.1) is 18.6 Å². The van der Waals surface area contributed by atoms with Gasteiger partial charge in [-0.15, -0.1) is 0 Å². The van der Waals surface area contributed by atoms with Gasteiger partial charge in [0.2, 0.25) is 0 Å². The maximum Gasteiger partial charge on any atom is 0.134 e. The number of hydrogen-bond acceptors (Lipinski definition) is 0. The first-order chi connectivity index (χ1) is 7.45. The van der Waals surface area contributed by atoms with Gasteiger partial charge in [-0.2, -0.15) is 0 Å². The highest BCUT2D eigenvalue weighted by Gasteiger charge is 2.10. The van der Waals surface area contributed by atoms with Crippen molar-refractivity contribution in [3.8, 4) is 0 Å². The maximum atomic E-state index is 13.6. The largest absolute Gasteiger partial charge is 0.207 e. The Kier molecular flexibility index (Phi) is 3.78. The van der Waals surface area contributed by atoms with Crippen molar-refractivity contribution in [1.29, 1.82) is 0 Å². The predicted octanol–water partition coefficient (Wildman–Crippen LogP) is 4.42. The fourth-order valence-electron chi connectivity index (χ4n) is 1.57. The molecular formula is C14H14F2. The zero-order chi connectivity index (χ0) is 12.3. The Morgan fingerprint density at radius 1 is 1.31 bits per heavy atom. The lowest BCUT2D eigenvalue weighted by atomic mass is 9.98. The summed E-state index contributed by atoms with van der Waals surface area (Å²) in [6, 6.07) is 2.17. The molecule has 0 unspecified atom stereocenters. The van der Waals surface area contributed by atoms with Crippen molar-refractivity contribution in [3.63, 3.8) is 0 Å². The average Bonchev–Trinajstić information content (AvgIpc) is 2.13. The van der Waals surface area contributed by atoms with Gasteiger partial charge in [0, 0.05) is 11.6 Å². The molecule has 0 spiro atoms. The summed E-state index contributed by atoms with van der Waals surface area (Å²) in [5.74, 6) is -1.15. The summed E-state index contributed by atoms with van der Waals surface area (Å²) in [6.45, 7) is 10.8. The number of aryl methyl sites for hydroxylation is 1. The lowest BCUT2D eigenvalue weighted by molar-refractivity contribution is 0.579. The van der Waals surface area contributed by atoms with Crippen LogP contribution in [0.4, 0.5) is 8.78 Å². The van der Waals surface area contributed by atoms with Crippen molar-refractivity contribution >= 4 is 5.57 Å². The molecule has 0 heterocycles. The molecule has 0 radical (unpaired) electrons. The van der Waals surface area contributed by atoms with E-state index in [1.807, 2.05) is 0 Å². The molecule has 1 aromatic rings. The van der Waals surface area contributed by atoms with Gasteiger partial charge in [0.15, 0.2) is 0 Å². The Morgan fingerprint density at radius 3 is 2.38 bits per heavy atom. The second-order valence-corrected chi connectivity index (χ2v) is 3.73. The molecule has 0 saturated carbocycles. The normalized spacial score (nSPS) is 11.4. The predicted molar refractivity (Wildman–Crippen MR) is 64.1 cm³/mol. The second-order valence-electron chi connectivity index (χ2n) is 3.73. The minimum Gasteiger partial charge on any atom is -0.207 e. The molecule has 0 amide bonds. The highest BCUT2D eigenvalue weighted by molar-refractivity contribution is 5.77. The monoisotopic (exact) mass is 220 g/mol. The van der Waals surface area contributed by atoms with Crippen molar-refractivity contribution in [2.75, 3.05) is 0 Å². The lowest BCUT2D eigenvalue weighted by Gasteiger charge is -2.09. The number of hydrogen-bond donors (Lipinski definition) is 0. The van der Waals surface area contributed by atoms with Crippen LogP contribution < -0.4 is 0 Å². The zero-order valence-electron chi connectivity index (χ0n) is 9.48. The smallest absolute Gasteiger partial charge is 0.134 e. The van der Waals surface area contributed by atoms with Crippen LogP contribution in [-0.2, 0) is 0 Å². The fraction of sp³-hybridized carbons (Fsp3) is 0.143. The Morgan fingerprint density at radius 2 is 1.94 bits per heavy atom. The molecule has 0 fully saturated rings. The van der Waals surface area contributed by atoms with E-state index in [2.05, 4.69) is 13.2 Å². The van der Waals surface area contributed by atoms with E-state index in [1.165, 1.54) is 12.1 Å². The molecular weight excluding hydrogens is 206 g/mol. The molecule has 0 aliphatic carbocycles. The van der Waals surface area contributed by atoms with Crippen LogP contribution in [0.5, 0.6) is 0 Å². The molecule has 16 heavy (non-hydrogen) atoms. The minimum absolute atomic E-state index is 0.374. The lowest BCUT2D eigenvalue weighted by Crippen LogP contribution is -1.94. The summed E-state index contributed by atoms with van der Waals surface area (Å²) in [6.07, 6.45) is 3.26. The second kappa shape index (κ2) is 4.88. The van der Waals surface area contributed by atoms with Crippen LogP contribution in [0.3, 0.4) is 0 Å². The molecule has 0 bridgehead atoms. The van der Waals surface area contributed by atoms with E-state index in [4.69, 9.17) is 0 Å². The van der Waals surface area contributed by atoms with Gasteiger partial charge in [-0.05, 0) is 31.1 Å². The Balaban J connectivity index is 3.42. The summed E-state index contributed by atoms with van der Waals surface area (Å²) in [7, 11) is 0. The van der Waals surface area contributed by atoms with Crippen LogP contribution in [0.25, 0.3) is 5.57 Å². The van der Waals surface area contributed by atoms with E-state index in [1.54, 1.807) is 19.9 Å². The van der Waals surface area contributed by atoms with E-state index < -0.39 is 11.6 Å². The van der Waals surface area contributed by atoms with Gasteiger partial charge in [0.1, 0.15) is 11.6 Å². The summed E-state index contributed by atoms with van der Waals surface area (Å²) < 4.78 is 26.6. The Labute approximate surface area is 94.6 Å². The third-order valence-corrected chi connectivity index (χ3v) is 2.16. The molecule has 84 valence electrons. The topological polar surface area (TPSA) is 0 Å². The van der Waals surface area contributed by atoms with Crippen LogP contribution in [0.2, 0.25) is 0 Å². The standard InChI is InChI=1S/C14H14F2/c1-5-11(6-9(2)3)14-10(4)7-12(15)8-13(14)16/h5-8H,1-2H2,3-4H3/b11-6+. The van der Waals surface area contributed by atoms with E-state index >= 15 is 0 Å². The molecule has 0 aliphatic heterocycles. The highest BCUT2D eigenvalue weighted by Crippen LogP contribution is 2.25. The van der Waals surface area contributed by atoms with E-state index in [0.717, 1.165) is 11.6 Å². The van der Waals surface area contributed by atoms with Gasteiger partial charge < -0.3 is 0 Å². The molecule has 0 atom stereocenters. The van der Waals surface area contributed by atoms with E-state index in [0.29, 0.717) is 16.7 Å². The third-order valence-electron chi connectivity index (χ3n) is 2.16. The minimum atomic E-state index is -0.579. The van der Waals surface area contributed by atoms with Gasteiger partial charge >= 0.3 is 0 Å². The van der Waals surface area contributed by atoms with Gasteiger partial charge in [-0.3, -0.25) is 0 Å². The summed E-state index contributed by atoms with van der Waals surface area (Å²) in [5.41, 5.74) is 2.32. The first-order valence-corrected chi connectivity index (χ1v) is 4.91. The fourth-order valence-corrected chi connectivity index (χ4v) is 1.57. The number of halogens is 2. The molecule has 0 N–H and O–H groups in total. The maximum absolute atomic E-state index is 13.6. The van der Waals surface area contributed by atoms with Crippen molar-refractivity contribution in [1.82, 2.24) is 0 Å².